The number of carboxylic acids is 1. The Morgan fingerprint density at radius 3 is 2.47 bits per heavy atom. The number of carbonyl (C=O) groups is 1. The molecule has 8 heteroatoms. The number of halogens is 3. The summed E-state index contributed by atoms with van der Waals surface area (Å²) in [5.74, 6) is -0.653. The molecule has 1 N–H and O–H groups in total. The van der Waals surface area contributed by atoms with E-state index >= 15 is 0 Å². The van der Waals surface area contributed by atoms with Crippen LogP contribution in [0.2, 0.25) is 0 Å². The number of benzene rings is 2. The second kappa shape index (κ2) is 8.08. The van der Waals surface area contributed by atoms with E-state index in [9.17, 15) is 18.0 Å². The molecule has 5 nitrogen and oxygen atoms in total. The van der Waals surface area contributed by atoms with Gasteiger partial charge in [-0.3, -0.25) is 4.79 Å². The molecular formula is C22H23F3O5. The molecule has 1 heterocycles. The molecule has 1 aliphatic heterocycles. The molecule has 0 saturated heterocycles. The Kier molecular flexibility index (Phi) is 5.87. The van der Waals surface area contributed by atoms with Gasteiger partial charge in [0.2, 0.25) is 0 Å². The summed E-state index contributed by atoms with van der Waals surface area (Å²) in [5, 5.41) is 9.00. The summed E-state index contributed by atoms with van der Waals surface area (Å²) >= 11 is 0. The molecule has 0 fully saturated rings. The number of rotatable bonds is 7. The highest BCUT2D eigenvalue weighted by Crippen LogP contribution is 2.41. The molecule has 0 bridgehead atoms. The summed E-state index contributed by atoms with van der Waals surface area (Å²) in [6, 6.07) is 9.55. The van der Waals surface area contributed by atoms with Crippen LogP contribution in [0.4, 0.5) is 13.2 Å². The maximum absolute atomic E-state index is 12.7. The molecule has 1 unspecified atom stereocenters. The van der Waals surface area contributed by atoms with E-state index in [1.807, 2.05) is 13.8 Å². The lowest BCUT2D eigenvalue weighted by Crippen LogP contribution is -2.25. The summed E-state index contributed by atoms with van der Waals surface area (Å²) in [7, 11) is 0. The molecule has 0 radical (unpaired) electrons. The number of aliphatic carboxylic acids is 1. The first kappa shape index (κ1) is 21.8. The van der Waals surface area contributed by atoms with E-state index < -0.39 is 23.9 Å². The quantitative estimate of drug-likeness (QED) is 0.667. The fraction of sp³-hybridized carbons (Fsp3) is 0.409. The van der Waals surface area contributed by atoms with E-state index in [2.05, 4.69) is 4.74 Å². The van der Waals surface area contributed by atoms with E-state index in [0.29, 0.717) is 35.5 Å². The number of hydrogen-bond acceptors (Lipinski definition) is 4. The van der Waals surface area contributed by atoms with Crippen molar-refractivity contribution in [2.75, 3.05) is 0 Å². The van der Waals surface area contributed by atoms with Crippen molar-refractivity contribution in [2.24, 2.45) is 5.92 Å². The summed E-state index contributed by atoms with van der Waals surface area (Å²) < 4.78 is 53.8. The van der Waals surface area contributed by atoms with Gasteiger partial charge in [-0.05, 0) is 50.1 Å². The van der Waals surface area contributed by atoms with Crippen LogP contribution in [0.25, 0.3) is 0 Å². The van der Waals surface area contributed by atoms with Crippen LogP contribution in [0.15, 0.2) is 36.4 Å². The van der Waals surface area contributed by atoms with Crippen molar-refractivity contribution in [1.82, 2.24) is 0 Å². The molecule has 2 aromatic rings. The molecule has 162 valence electrons. The van der Waals surface area contributed by atoms with Gasteiger partial charge in [0.1, 0.15) is 29.5 Å². The SMILES string of the molecule is CC(Cc1ccc(OCc2cc(OC(F)(F)F)cc3c2OC(C)(C)C3)cc1)C(=O)O. The van der Waals surface area contributed by atoms with Crippen molar-refractivity contribution in [3.63, 3.8) is 0 Å². The van der Waals surface area contributed by atoms with Gasteiger partial charge in [0, 0.05) is 17.5 Å². The van der Waals surface area contributed by atoms with Crippen molar-refractivity contribution in [3.8, 4) is 17.2 Å². The summed E-state index contributed by atoms with van der Waals surface area (Å²) in [6.45, 7) is 5.35. The van der Waals surface area contributed by atoms with Gasteiger partial charge in [-0.25, -0.2) is 0 Å². The molecule has 1 atom stereocenters. The van der Waals surface area contributed by atoms with Crippen molar-refractivity contribution in [2.45, 2.75) is 52.2 Å². The zero-order valence-electron chi connectivity index (χ0n) is 16.9. The molecule has 0 amide bonds. The predicted molar refractivity (Wildman–Crippen MR) is 103 cm³/mol. The van der Waals surface area contributed by atoms with Crippen LogP contribution >= 0.6 is 0 Å². The fourth-order valence-corrected chi connectivity index (χ4v) is 3.38. The van der Waals surface area contributed by atoms with Crippen LogP contribution in [-0.4, -0.2) is 23.0 Å². The van der Waals surface area contributed by atoms with Gasteiger partial charge in [0.25, 0.3) is 0 Å². The second-order valence-electron chi connectivity index (χ2n) is 8.03. The molecule has 1 aliphatic rings. The van der Waals surface area contributed by atoms with Crippen LogP contribution < -0.4 is 14.2 Å². The van der Waals surface area contributed by atoms with E-state index in [1.165, 1.54) is 12.1 Å². The second-order valence-corrected chi connectivity index (χ2v) is 8.03. The number of carboxylic acid groups (broad SMARTS) is 1. The van der Waals surface area contributed by atoms with E-state index in [4.69, 9.17) is 14.6 Å². The van der Waals surface area contributed by atoms with Crippen molar-refractivity contribution < 1.29 is 37.3 Å². The van der Waals surface area contributed by atoms with Crippen molar-refractivity contribution in [1.29, 1.82) is 0 Å². The highest BCUT2D eigenvalue weighted by Gasteiger charge is 2.35. The monoisotopic (exact) mass is 424 g/mol. The fourth-order valence-electron chi connectivity index (χ4n) is 3.38. The zero-order valence-corrected chi connectivity index (χ0v) is 16.9. The summed E-state index contributed by atoms with van der Waals surface area (Å²) in [6.07, 6.45) is -3.94. The number of alkyl halides is 3. The molecule has 30 heavy (non-hydrogen) atoms. The Hall–Kier alpha value is -2.90. The third-order valence-electron chi connectivity index (χ3n) is 4.73. The first-order chi connectivity index (χ1) is 13.9. The normalized spacial score (nSPS) is 15.8. The van der Waals surface area contributed by atoms with Crippen molar-refractivity contribution in [3.05, 3.63) is 53.1 Å². The smallest absolute Gasteiger partial charge is 0.489 e. The molecule has 0 aliphatic carbocycles. The molecule has 0 saturated carbocycles. The number of fused-ring (bicyclic) bond motifs is 1. The number of hydrogen-bond donors (Lipinski definition) is 1. The first-order valence-electron chi connectivity index (χ1n) is 9.47. The van der Waals surface area contributed by atoms with Crippen LogP contribution in [0.1, 0.15) is 37.5 Å². The minimum Gasteiger partial charge on any atom is -0.489 e. The standard InChI is InChI=1S/C22H23F3O5/c1-13(20(26)27)8-14-4-6-17(7-5-14)28-12-16-10-18(29-22(23,24)25)9-15-11-21(2,3)30-19(15)16/h4-7,9-10,13H,8,11-12H2,1-3H3,(H,26,27). The van der Waals surface area contributed by atoms with Gasteiger partial charge in [0.15, 0.2) is 0 Å². The molecular weight excluding hydrogens is 401 g/mol. The maximum atomic E-state index is 12.7. The van der Waals surface area contributed by atoms with E-state index in [-0.39, 0.29) is 12.4 Å². The van der Waals surface area contributed by atoms with Gasteiger partial charge < -0.3 is 19.3 Å². The lowest BCUT2D eigenvalue weighted by Gasteiger charge is -2.18. The largest absolute Gasteiger partial charge is 0.573 e. The minimum absolute atomic E-state index is 0.00164. The molecule has 2 aromatic carbocycles. The highest BCUT2D eigenvalue weighted by molar-refractivity contribution is 5.69. The average molecular weight is 424 g/mol. The summed E-state index contributed by atoms with van der Waals surface area (Å²) in [5.41, 5.74) is 1.42. The minimum atomic E-state index is -4.79. The first-order valence-corrected chi connectivity index (χ1v) is 9.47. The van der Waals surface area contributed by atoms with Gasteiger partial charge in [-0.1, -0.05) is 19.1 Å². The summed E-state index contributed by atoms with van der Waals surface area (Å²) in [4.78, 5) is 11.0. The lowest BCUT2D eigenvalue weighted by atomic mass is 10.00. The molecule has 0 spiro atoms. The third-order valence-corrected chi connectivity index (χ3v) is 4.73. The molecule has 0 aromatic heterocycles. The maximum Gasteiger partial charge on any atom is 0.573 e. The third kappa shape index (κ3) is 5.58. The van der Waals surface area contributed by atoms with Crippen LogP contribution in [0.5, 0.6) is 17.2 Å². The zero-order chi connectivity index (χ0) is 22.1. The average Bonchev–Trinajstić information content (AvgIpc) is 2.93. The Balaban J connectivity index is 1.75. The Morgan fingerprint density at radius 1 is 1.20 bits per heavy atom. The lowest BCUT2D eigenvalue weighted by molar-refractivity contribution is -0.274. The van der Waals surface area contributed by atoms with Crippen LogP contribution in [-0.2, 0) is 24.2 Å². The number of ether oxygens (including phenoxy) is 3. The Labute approximate surface area is 172 Å². The van der Waals surface area contributed by atoms with Gasteiger partial charge in [-0.2, -0.15) is 0 Å². The highest BCUT2D eigenvalue weighted by atomic mass is 19.4. The van der Waals surface area contributed by atoms with Crippen LogP contribution in [0, 0.1) is 5.92 Å². The van der Waals surface area contributed by atoms with E-state index in [0.717, 1.165) is 5.56 Å². The Bertz CT molecular complexity index is 920. The van der Waals surface area contributed by atoms with Gasteiger partial charge >= 0.3 is 12.3 Å². The van der Waals surface area contributed by atoms with E-state index in [1.54, 1.807) is 31.2 Å². The predicted octanol–water partition coefficient (Wildman–Crippen LogP) is 5.14. The van der Waals surface area contributed by atoms with Gasteiger partial charge in [-0.15, -0.1) is 13.2 Å². The topological polar surface area (TPSA) is 65.0 Å². The van der Waals surface area contributed by atoms with Gasteiger partial charge in [0.05, 0.1) is 5.92 Å². The van der Waals surface area contributed by atoms with Crippen LogP contribution in [0.3, 0.4) is 0 Å². The Morgan fingerprint density at radius 2 is 1.87 bits per heavy atom. The molecule has 3 rings (SSSR count). The van der Waals surface area contributed by atoms with Crippen molar-refractivity contribution >= 4 is 5.97 Å².